The number of nitrogens with one attached hydrogen (secondary N) is 2. The van der Waals surface area contributed by atoms with Gasteiger partial charge < -0.3 is 15.4 Å². The number of aryl methyl sites for hydroxylation is 1. The molecule has 0 saturated carbocycles. The number of anilines is 1. The largest absolute Gasteiger partial charge is 0.390 e. The van der Waals surface area contributed by atoms with Gasteiger partial charge in [0.05, 0.1) is 24.3 Å². The van der Waals surface area contributed by atoms with Gasteiger partial charge in [0.25, 0.3) is 5.91 Å². The van der Waals surface area contributed by atoms with Gasteiger partial charge in [0.1, 0.15) is 0 Å². The number of hydrogen-bond donors (Lipinski definition) is 2. The van der Waals surface area contributed by atoms with Gasteiger partial charge in [-0.25, -0.2) is 9.97 Å². The highest BCUT2D eigenvalue weighted by Crippen LogP contribution is 2.18. The first kappa shape index (κ1) is 20.0. The average Bonchev–Trinajstić information content (AvgIpc) is 2.43. The van der Waals surface area contributed by atoms with Crippen LogP contribution in [0.2, 0.25) is 0 Å². The van der Waals surface area contributed by atoms with E-state index in [1.807, 2.05) is 0 Å². The van der Waals surface area contributed by atoms with Crippen LogP contribution in [0.1, 0.15) is 29.4 Å². The first-order chi connectivity index (χ1) is 11.1. The molecule has 6 nitrogen and oxygen atoms in total. The molecule has 1 heterocycles. The standard InChI is InChI=1S/C13H17F5N4O2/c1-7(6-24-11(14)15)21-12-20-5-9(8(2)22-12)10(23)19-4-3-13(16,17)18/h5,7,11H,3-4,6H2,1-2H3,(H,19,23)(H,20,21,22)/t7-/m0/s1. The smallest absolute Gasteiger partial charge is 0.352 e. The average molecular weight is 356 g/mol. The summed E-state index contributed by atoms with van der Waals surface area (Å²) in [5.41, 5.74) is 0.262. The Labute approximate surface area is 134 Å². The quantitative estimate of drug-likeness (QED) is 0.700. The van der Waals surface area contributed by atoms with Crippen LogP contribution in [-0.2, 0) is 4.74 Å². The Kier molecular flexibility index (Phi) is 7.26. The lowest BCUT2D eigenvalue weighted by molar-refractivity contribution is -0.133. The van der Waals surface area contributed by atoms with E-state index >= 15 is 0 Å². The number of hydrogen-bond acceptors (Lipinski definition) is 5. The molecule has 136 valence electrons. The van der Waals surface area contributed by atoms with Gasteiger partial charge in [-0.05, 0) is 13.8 Å². The normalized spacial score (nSPS) is 13.0. The Morgan fingerprint density at radius 2 is 2.04 bits per heavy atom. The zero-order valence-corrected chi connectivity index (χ0v) is 13.0. The predicted octanol–water partition coefficient (Wildman–Crippen LogP) is 2.51. The van der Waals surface area contributed by atoms with Crippen LogP contribution in [-0.4, -0.2) is 47.9 Å². The number of alkyl halides is 5. The van der Waals surface area contributed by atoms with E-state index in [1.54, 1.807) is 6.92 Å². The summed E-state index contributed by atoms with van der Waals surface area (Å²) < 4.78 is 64.1. The maximum absolute atomic E-state index is 12.0. The lowest BCUT2D eigenvalue weighted by Gasteiger charge is -2.14. The molecule has 2 N–H and O–H groups in total. The van der Waals surface area contributed by atoms with Crippen molar-refractivity contribution in [2.45, 2.75) is 39.1 Å². The molecule has 1 rings (SSSR count). The highest BCUT2D eigenvalue weighted by molar-refractivity contribution is 5.94. The van der Waals surface area contributed by atoms with Crippen molar-refractivity contribution in [2.75, 3.05) is 18.5 Å². The first-order valence-corrected chi connectivity index (χ1v) is 6.93. The van der Waals surface area contributed by atoms with Gasteiger partial charge in [-0.15, -0.1) is 0 Å². The summed E-state index contributed by atoms with van der Waals surface area (Å²) in [5.74, 6) is -0.637. The van der Waals surface area contributed by atoms with Crippen molar-refractivity contribution in [1.29, 1.82) is 0 Å². The van der Waals surface area contributed by atoms with Gasteiger partial charge in [-0.1, -0.05) is 0 Å². The summed E-state index contributed by atoms with van der Waals surface area (Å²) in [6, 6.07) is -0.509. The van der Waals surface area contributed by atoms with E-state index in [1.165, 1.54) is 6.92 Å². The van der Waals surface area contributed by atoms with E-state index in [2.05, 4.69) is 25.3 Å². The Hall–Kier alpha value is -2.04. The Morgan fingerprint density at radius 3 is 2.58 bits per heavy atom. The minimum Gasteiger partial charge on any atom is -0.352 e. The number of carbonyl (C=O) groups is 1. The van der Waals surface area contributed by atoms with Gasteiger partial charge in [-0.2, -0.15) is 22.0 Å². The van der Waals surface area contributed by atoms with Gasteiger partial charge in [0, 0.05) is 18.8 Å². The summed E-state index contributed by atoms with van der Waals surface area (Å²) in [7, 11) is 0. The molecule has 0 radical (unpaired) electrons. The fraction of sp³-hybridized carbons (Fsp3) is 0.615. The summed E-state index contributed by atoms with van der Waals surface area (Å²) in [6.07, 6.45) is -4.35. The number of amides is 1. The number of halogens is 5. The minimum atomic E-state index is -4.36. The molecule has 1 atom stereocenters. The molecule has 0 aromatic carbocycles. The van der Waals surface area contributed by atoms with Crippen LogP contribution in [0.15, 0.2) is 6.20 Å². The maximum atomic E-state index is 12.0. The molecule has 1 aromatic heterocycles. The van der Waals surface area contributed by atoms with Crippen LogP contribution < -0.4 is 10.6 Å². The molecule has 0 saturated heterocycles. The summed E-state index contributed by atoms with van der Waals surface area (Å²) in [6.45, 7) is -0.673. The van der Waals surface area contributed by atoms with E-state index in [4.69, 9.17) is 0 Å². The number of aromatic nitrogens is 2. The molecule has 1 amide bonds. The minimum absolute atomic E-state index is 0.0270. The van der Waals surface area contributed by atoms with Crippen molar-refractivity contribution < 1.29 is 31.5 Å². The zero-order valence-electron chi connectivity index (χ0n) is 13.0. The number of ether oxygens (including phenoxy) is 1. The fourth-order valence-electron chi connectivity index (χ4n) is 1.65. The lowest BCUT2D eigenvalue weighted by atomic mass is 10.2. The molecule has 0 aliphatic carbocycles. The first-order valence-electron chi connectivity index (χ1n) is 6.93. The monoisotopic (exact) mass is 356 g/mol. The molecule has 0 unspecified atom stereocenters. The van der Waals surface area contributed by atoms with Gasteiger partial charge >= 0.3 is 12.8 Å². The van der Waals surface area contributed by atoms with Crippen molar-refractivity contribution in [3.8, 4) is 0 Å². The Balaban J connectivity index is 2.59. The summed E-state index contributed by atoms with van der Waals surface area (Å²) >= 11 is 0. The van der Waals surface area contributed by atoms with Crippen molar-refractivity contribution in [1.82, 2.24) is 15.3 Å². The lowest BCUT2D eigenvalue weighted by Crippen LogP contribution is -2.29. The highest BCUT2D eigenvalue weighted by Gasteiger charge is 2.26. The third-order valence-electron chi connectivity index (χ3n) is 2.77. The number of nitrogens with zero attached hydrogens (tertiary/aromatic N) is 2. The summed E-state index contributed by atoms with van der Waals surface area (Å²) in [4.78, 5) is 19.6. The molecule has 0 aliphatic heterocycles. The topological polar surface area (TPSA) is 76.1 Å². The van der Waals surface area contributed by atoms with Crippen molar-refractivity contribution >= 4 is 11.9 Å². The second-order valence-corrected chi connectivity index (χ2v) is 4.95. The predicted molar refractivity (Wildman–Crippen MR) is 74.8 cm³/mol. The summed E-state index contributed by atoms with van der Waals surface area (Å²) in [5, 5.41) is 4.83. The van der Waals surface area contributed by atoms with E-state index in [9.17, 15) is 26.7 Å². The van der Waals surface area contributed by atoms with Gasteiger partial charge in [-0.3, -0.25) is 4.79 Å². The fourth-order valence-corrected chi connectivity index (χ4v) is 1.65. The van der Waals surface area contributed by atoms with Crippen LogP contribution in [0.25, 0.3) is 0 Å². The number of carbonyl (C=O) groups excluding carboxylic acids is 1. The van der Waals surface area contributed by atoms with Crippen LogP contribution in [0, 0.1) is 6.92 Å². The Morgan fingerprint density at radius 1 is 1.38 bits per heavy atom. The highest BCUT2D eigenvalue weighted by atomic mass is 19.4. The van der Waals surface area contributed by atoms with Crippen LogP contribution in [0.3, 0.4) is 0 Å². The van der Waals surface area contributed by atoms with Crippen molar-refractivity contribution in [2.24, 2.45) is 0 Å². The van der Waals surface area contributed by atoms with Crippen LogP contribution in [0.4, 0.5) is 27.9 Å². The molecule has 0 bridgehead atoms. The molecular formula is C13H17F5N4O2. The maximum Gasteiger partial charge on any atom is 0.390 e. The molecule has 11 heteroatoms. The van der Waals surface area contributed by atoms with Gasteiger partial charge in [0.2, 0.25) is 5.95 Å². The van der Waals surface area contributed by atoms with E-state index in [0.29, 0.717) is 0 Å². The molecule has 0 spiro atoms. The van der Waals surface area contributed by atoms with Crippen molar-refractivity contribution in [3.05, 3.63) is 17.5 Å². The van der Waals surface area contributed by atoms with E-state index < -0.39 is 37.7 Å². The van der Waals surface area contributed by atoms with Crippen LogP contribution >= 0.6 is 0 Å². The Bertz CT molecular complexity index is 554. The third-order valence-corrected chi connectivity index (χ3v) is 2.77. The third kappa shape index (κ3) is 7.49. The number of rotatable bonds is 8. The second-order valence-electron chi connectivity index (χ2n) is 4.95. The molecular weight excluding hydrogens is 339 g/mol. The van der Waals surface area contributed by atoms with E-state index in [0.717, 1.165) is 6.20 Å². The molecule has 24 heavy (non-hydrogen) atoms. The molecule has 0 fully saturated rings. The second kappa shape index (κ2) is 8.71. The van der Waals surface area contributed by atoms with Crippen LogP contribution in [0.5, 0.6) is 0 Å². The molecule has 0 aliphatic rings. The van der Waals surface area contributed by atoms with E-state index in [-0.39, 0.29) is 23.8 Å². The zero-order chi connectivity index (χ0) is 18.3. The van der Waals surface area contributed by atoms with Gasteiger partial charge in [0.15, 0.2) is 0 Å². The van der Waals surface area contributed by atoms with Crippen molar-refractivity contribution in [3.63, 3.8) is 0 Å². The SMILES string of the molecule is Cc1nc(N[C@@H](C)COC(F)F)ncc1C(=O)NCCC(F)(F)F. The molecule has 1 aromatic rings.